The minimum absolute atomic E-state index is 0.177. The molecule has 0 fully saturated rings. The van der Waals surface area contributed by atoms with Crippen molar-refractivity contribution in [3.63, 3.8) is 0 Å². The summed E-state index contributed by atoms with van der Waals surface area (Å²) in [7, 11) is 0. The van der Waals surface area contributed by atoms with Gasteiger partial charge in [0.2, 0.25) is 0 Å². The van der Waals surface area contributed by atoms with E-state index in [9.17, 15) is 4.39 Å². The van der Waals surface area contributed by atoms with Gasteiger partial charge in [0.1, 0.15) is 12.4 Å². The topological polar surface area (TPSA) is 29.8 Å². The molecule has 0 saturated heterocycles. The van der Waals surface area contributed by atoms with Gasteiger partial charge < -0.3 is 9.73 Å². The molecule has 0 aliphatic heterocycles. The summed E-state index contributed by atoms with van der Waals surface area (Å²) in [6.45, 7) is 1.83. The van der Waals surface area contributed by atoms with Gasteiger partial charge in [-0.3, -0.25) is 0 Å². The van der Waals surface area contributed by atoms with Gasteiger partial charge >= 0.3 is 0 Å². The second-order valence-corrected chi connectivity index (χ2v) is 3.74. The van der Waals surface area contributed by atoms with Crippen LogP contribution in [0.5, 0.6) is 0 Å². The molecule has 1 heterocycles. The number of benzene rings is 1. The Hall–Kier alpha value is -1.61. The Bertz CT molecular complexity index is 408. The van der Waals surface area contributed by atoms with Crippen molar-refractivity contribution in [3.8, 4) is 0 Å². The second-order valence-electron chi connectivity index (χ2n) is 3.74. The Morgan fingerprint density at radius 3 is 2.62 bits per heavy atom. The van der Waals surface area contributed by atoms with Crippen LogP contribution in [0, 0.1) is 5.82 Å². The molecule has 0 amide bonds. The third-order valence-electron chi connectivity index (χ3n) is 2.48. The molecule has 2 rings (SSSR count). The average Bonchev–Trinajstić information content (AvgIpc) is 2.80. The van der Waals surface area contributed by atoms with Crippen LogP contribution in [0.3, 0.4) is 0 Å². The molecular formula is C13H15FNO+. The van der Waals surface area contributed by atoms with Crippen LogP contribution in [0.15, 0.2) is 47.1 Å². The molecule has 3 heteroatoms. The summed E-state index contributed by atoms with van der Waals surface area (Å²) >= 11 is 0. The monoisotopic (exact) mass is 220 g/mol. The van der Waals surface area contributed by atoms with Crippen molar-refractivity contribution < 1.29 is 14.1 Å². The maximum Gasteiger partial charge on any atom is 0.157 e. The number of rotatable bonds is 5. The molecule has 2 aromatic rings. The van der Waals surface area contributed by atoms with Crippen LogP contribution in [0.2, 0.25) is 0 Å². The first kappa shape index (κ1) is 10.9. The zero-order valence-electron chi connectivity index (χ0n) is 9.03. The molecule has 1 aromatic carbocycles. The standard InChI is InChI=1S/C13H14FNO/c14-12-5-3-11(4-6-12)7-8-15-10-13-2-1-9-16-13/h1-6,9,15H,7-8,10H2/p+1. The molecule has 0 aliphatic carbocycles. The number of hydrogen-bond donors (Lipinski definition) is 1. The lowest BCUT2D eigenvalue weighted by molar-refractivity contribution is -0.671. The fourth-order valence-electron chi connectivity index (χ4n) is 1.59. The molecule has 84 valence electrons. The molecular weight excluding hydrogens is 205 g/mol. The molecule has 0 bridgehead atoms. The summed E-state index contributed by atoms with van der Waals surface area (Å²) in [5, 5.41) is 2.18. The Labute approximate surface area is 94.1 Å². The molecule has 2 N–H and O–H groups in total. The van der Waals surface area contributed by atoms with E-state index in [2.05, 4.69) is 5.32 Å². The van der Waals surface area contributed by atoms with Crippen molar-refractivity contribution in [2.45, 2.75) is 13.0 Å². The van der Waals surface area contributed by atoms with E-state index in [1.54, 1.807) is 6.26 Å². The predicted molar refractivity (Wildman–Crippen MR) is 59.3 cm³/mol. The van der Waals surface area contributed by atoms with Crippen LogP contribution < -0.4 is 5.32 Å². The summed E-state index contributed by atoms with van der Waals surface area (Å²) in [5.41, 5.74) is 1.16. The van der Waals surface area contributed by atoms with Crippen LogP contribution in [-0.2, 0) is 13.0 Å². The largest absolute Gasteiger partial charge is 0.463 e. The van der Waals surface area contributed by atoms with E-state index in [0.29, 0.717) is 0 Å². The third kappa shape index (κ3) is 3.21. The van der Waals surface area contributed by atoms with Crippen molar-refractivity contribution in [1.29, 1.82) is 0 Å². The van der Waals surface area contributed by atoms with E-state index >= 15 is 0 Å². The van der Waals surface area contributed by atoms with Gasteiger partial charge in [0.15, 0.2) is 5.76 Å². The van der Waals surface area contributed by atoms with Gasteiger partial charge in [0.25, 0.3) is 0 Å². The normalized spacial score (nSPS) is 10.6. The minimum Gasteiger partial charge on any atom is -0.463 e. The summed E-state index contributed by atoms with van der Waals surface area (Å²) < 4.78 is 17.9. The maximum absolute atomic E-state index is 12.6. The third-order valence-corrected chi connectivity index (χ3v) is 2.48. The maximum atomic E-state index is 12.6. The highest BCUT2D eigenvalue weighted by molar-refractivity contribution is 5.15. The van der Waals surface area contributed by atoms with Crippen molar-refractivity contribution in [2.24, 2.45) is 0 Å². The van der Waals surface area contributed by atoms with E-state index in [-0.39, 0.29) is 5.82 Å². The SMILES string of the molecule is Fc1ccc(CC[NH2+]Cc2ccco2)cc1. The van der Waals surface area contributed by atoms with E-state index < -0.39 is 0 Å². The van der Waals surface area contributed by atoms with Gasteiger partial charge in [0.05, 0.1) is 12.8 Å². The van der Waals surface area contributed by atoms with E-state index in [1.807, 2.05) is 24.3 Å². The highest BCUT2D eigenvalue weighted by Crippen LogP contribution is 2.02. The van der Waals surface area contributed by atoms with Gasteiger partial charge in [0, 0.05) is 6.42 Å². The van der Waals surface area contributed by atoms with E-state index in [4.69, 9.17) is 4.42 Å². The first-order chi connectivity index (χ1) is 7.84. The van der Waals surface area contributed by atoms with Crippen molar-refractivity contribution in [1.82, 2.24) is 0 Å². The smallest absolute Gasteiger partial charge is 0.157 e. The number of quaternary nitrogens is 1. The minimum atomic E-state index is -0.177. The van der Waals surface area contributed by atoms with Gasteiger partial charge in [-0.15, -0.1) is 0 Å². The van der Waals surface area contributed by atoms with Crippen LogP contribution in [0.4, 0.5) is 4.39 Å². The summed E-state index contributed by atoms with van der Waals surface area (Å²) in [6.07, 6.45) is 2.63. The molecule has 16 heavy (non-hydrogen) atoms. The first-order valence-electron chi connectivity index (χ1n) is 5.43. The molecule has 0 aliphatic rings. The van der Waals surface area contributed by atoms with Gasteiger partial charge in [-0.25, -0.2) is 4.39 Å². The Kier molecular flexibility index (Phi) is 3.72. The Balaban J connectivity index is 1.70. The molecule has 0 saturated carbocycles. The van der Waals surface area contributed by atoms with Gasteiger partial charge in [-0.2, -0.15) is 0 Å². The van der Waals surface area contributed by atoms with Crippen LogP contribution >= 0.6 is 0 Å². The lowest BCUT2D eigenvalue weighted by Gasteiger charge is -2.00. The summed E-state index contributed by atoms with van der Waals surface area (Å²) in [4.78, 5) is 0. The predicted octanol–water partition coefficient (Wildman–Crippen LogP) is 1.72. The van der Waals surface area contributed by atoms with Crippen molar-refractivity contribution in [3.05, 3.63) is 59.8 Å². The van der Waals surface area contributed by atoms with Crippen molar-refractivity contribution in [2.75, 3.05) is 6.54 Å². The van der Waals surface area contributed by atoms with Crippen LogP contribution in [0.1, 0.15) is 11.3 Å². The number of halogens is 1. The molecule has 0 spiro atoms. The van der Waals surface area contributed by atoms with Crippen LogP contribution in [0.25, 0.3) is 0 Å². The Morgan fingerprint density at radius 2 is 1.94 bits per heavy atom. The number of furan rings is 1. The number of hydrogen-bond acceptors (Lipinski definition) is 1. The zero-order chi connectivity index (χ0) is 11.2. The first-order valence-corrected chi connectivity index (χ1v) is 5.43. The number of nitrogens with two attached hydrogens (primary N) is 1. The van der Waals surface area contributed by atoms with E-state index in [0.717, 1.165) is 30.8 Å². The fraction of sp³-hybridized carbons (Fsp3) is 0.231. The molecule has 2 nitrogen and oxygen atoms in total. The highest BCUT2D eigenvalue weighted by Gasteiger charge is 1.99. The summed E-state index contributed by atoms with van der Waals surface area (Å²) in [6, 6.07) is 10.5. The van der Waals surface area contributed by atoms with E-state index in [1.165, 1.54) is 12.1 Å². The van der Waals surface area contributed by atoms with Crippen LogP contribution in [-0.4, -0.2) is 6.54 Å². The second kappa shape index (κ2) is 5.47. The zero-order valence-corrected chi connectivity index (χ0v) is 9.03. The van der Waals surface area contributed by atoms with Crippen molar-refractivity contribution >= 4 is 0 Å². The van der Waals surface area contributed by atoms with Gasteiger partial charge in [-0.1, -0.05) is 12.1 Å². The fourth-order valence-corrected chi connectivity index (χ4v) is 1.59. The average molecular weight is 220 g/mol. The molecule has 0 atom stereocenters. The lowest BCUT2D eigenvalue weighted by Crippen LogP contribution is -2.83. The Morgan fingerprint density at radius 1 is 1.12 bits per heavy atom. The molecule has 0 radical (unpaired) electrons. The lowest BCUT2D eigenvalue weighted by atomic mass is 10.1. The highest BCUT2D eigenvalue weighted by atomic mass is 19.1. The van der Waals surface area contributed by atoms with Gasteiger partial charge in [-0.05, 0) is 29.8 Å². The quantitative estimate of drug-likeness (QED) is 0.764. The molecule has 1 aromatic heterocycles. The summed E-state index contributed by atoms with van der Waals surface area (Å²) in [5.74, 6) is 0.808. The molecule has 0 unspecified atom stereocenters.